The predicted octanol–water partition coefficient (Wildman–Crippen LogP) is 2.52. The van der Waals surface area contributed by atoms with Crippen LogP contribution in [0.5, 0.6) is 5.75 Å². The highest BCUT2D eigenvalue weighted by Crippen LogP contribution is 2.40. The summed E-state index contributed by atoms with van der Waals surface area (Å²) in [6.45, 7) is 6.69. The molecule has 3 rings (SSSR count). The molecule has 2 fully saturated rings. The quantitative estimate of drug-likeness (QED) is 0.697. The van der Waals surface area contributed by atoms with Crippen LogP contribution in [0, 0.1) is 5.92 Å². The standard InChI is InChI=1S/C18H28ClN3O2.ClH/c1-13-14(11-21-22-13)10-20-12-18(5-7-24-8-6-18)16-9-15(19)3-4-17(16)23-2;/h3-4,9,13-14,20-22H,5-8,10-12H2,1-2H3;1H. The Hall–Kier alpha value is -0.560. The molecule has 1 aromatic carbocycles. The van der Waals surface area contributed by atoms with Crippen molar-refractivity contribution in [3.63, 3.8) is 0 Å². The fraction of sp³-hybridized carbons (Fsp3) is 0.667. The third-order valence-corrected chi connectivity index (χ3v) is 5.69. The highest BCUT2D eigenvalue weighted by molar-refractivity contribution is 6.30. The molecule has 7 heteroatoms. The molecular formula is C18H29Cl2N3O2. The van der Waals surface area contributed by atoms with Gasteiger partial charge in [0.15, 0.2) is 0 Å². The van der Waals surface area contributed by atoms with E-state index in [4.69, 9.17) is 21.1 Å². The summed E-state index contributed by atoms with van der Waals surface area (Å²) in [6, 6.07) is 6.42. The van der Waals surface area contributed by atoms with Crippen molar-refractivity contribution in [2.45, 2.75) is 31.2 Å². The van der Waals surface area contributed by atoms with Crippen LogP contribution in [0.4, 0.5) is 0 Å². The summed E-state index contributed by atoms with van der Waals surface area (Å²) in [6.07, 6.45) is 1.96. The molecule has 2 saturated heterocycles. The molecule has 2 aliphatic heterocycles. The van der Waals surface area contributed by atoms with E-state index in [1.54, 1.807) is 7.11 Å². The highest BCUT2D eigenvalue weighted by atomic mass is 35.5. The predicted molar refractivity (Wildman–Crippen MR) is 104 cm³/mol. The van der Waals surface area contributed by atoms with Crippen molar-refractivity contribution in [2.24, 2.45) is 5.92 Å². The van der Waals surface area contributed by atoms with Crippen molar-refractivity contribution in [1.29, 1.82) is 0 Å². The summed E-state index contributed by atoms with van der Waals surface area (Å²) in [7, 11) is 1.73. The molecule has 2 heterocycles. The number of nitrogens with one attached hydrogen (secondary N) is 3. The van der Waals surface area contributed by atoms with E-state index in [1.165, 1.54) is 5.56 Å². The topological polar surface area (TPSA) is 54.5 Å². The molecule has 1 aromatic rings. The second-order valence-electron chi connectivity index (χ2n) is 6.94. The van der Waals surface area contributed by atoms with Gasteiger partial charge in [-0.3, -0.25) is 10.9 Å². The van der Waals surface area contributed by atoms with Crippen molar-refractivity contribution >= 4 is 24.0 Å². The lowest BCUT2D eigenvalue weighted by Crippen LogP contribution is -2.45. The summed E-state index contributed by atoms with van der Waals surface area (Å²) >= 11 is 6.29. The number of ether oxygens (including phenoxy) is 2. The summed E-state index contributed by atoms with van der Waals surface area (Å²) in [5.74, 6) is 1.52. The van der Waals surface area contributed by atoms with Crippen LogP contribution < -0.4 is 20.9 Å². The lowest BCUT2D eigenvalue weighted by molar-refractivity contribution is 0.0487. The monoisotopic (exact) mass is 389 g/mol. The summed E-state index contributed by atoms with van der Waals surface area (Å²) in [4.78, 5) is 0. The van der Waals surface area contributed by atoms with E-state index in [0.717, 1.165) is 56.5 Å². The molecule has 0 radical (unpaired) electrons. The van der Waals surface area contributed by atoms with Gasteiger partial charge in [0.2, 0.25) is 0 Å². The van der Waals surface area contributed by atoms with E-state index in [2.05, 4.69) is 29.2 Å². The van der Waals surface area contributed by atoms with Crippen LogP contribution in [0.2, 0.25) is 5.02 Å². The van der Waals surface area contributed by atoms with Gasteiger partial charge in [-0.1, -0.05) is 11.6 Å². The van der Waals surface area contributed by atoms with E-state index >= 15 is 0 Å². The maximum atomic E-state index is 6.29. The zero-order valence-electron chi connectivity index (χ0n) is 14.9. The molecular weight excluding hydrogens is 361 g/mol. The number of hydrazine groups is 1. The van der Waals surface area contributed by atoms with E-state index in [9.17, 15) is 0 Å². The van der Waals surface area contributed by atoms with Crippen molar-refractivity contribution in [3.05, 3.63) is 28.8 Å². The average Bonchev–Trinajstić information content (AvgIpc) is 3.01. The number of hydrogen-bond acceptors (Lipinski definition) is 5. The van der Waals surface area contributed by atoms with Crippen LogP contribution in [-0.2, 0) is 10.2 Å². The van der Waals surface area contributed by atoms with Gasteiger partial charge in [-0.05, 0) is 38.0 Å². The average molecular weight is 390 g/mol. The SMILES string of the molecule is COc1ccc(Cl)cc1C1(CNCC2CNNC2C)CCOCC1.Cl. The third kappa shape index (κ3) is 4.79. The Morgan fingerprint density at radius 1 is 1.36 bits per heavy atom. The van der Waals surface area contributed by atoms with Gasteiger partial charge >= 0.3 is 0 Å². The molecule has 0 bridgehead atoms. The minimum absolute atomic E-state index is 0. The van der Waals surface area contributed by atoms with Crippen LogP contribution in [0.3, 0.4) is 0 Å². The van der Waals surface area contributed by atoms with E-state index in [0.29, 0.717) is 12.0 Å². The van der Waals surface area contributed by atoms with E-state index in [-0.39, 0.29) is 17.8 Å². The zero-order valence-corrected chi connectivity index (χ0v) is 16.5. The first-order valence-electron chi connectivity index (χ1n) is 8.75. The molecule has 0 amide bonds. The number of benzene rings is 1. The Balaban J connectivity index is 0.00000225. The van der Waals surface area contributed by atoms with Gasteiger partial charge in [0, 0.05) is 60.8 Å². The Morgan fingerprint density at radius 2 is 2.12 bits per heavy atom. The molecule has 142 valence electrons. The Labute approximate surface area is 161 Å². The van der Waals surface area contributed by atoms with Crippen LogP contribution in [-0.4, -0.2) is 46.0 Å². The summed E-state index contributed by atoms with van der Waals surface area (Å²) < 4.78 is 11.3. The molecule has 0 aliphatic carbocycles. The van der Waals surface area contributed by atoms with Gasteiger partial charge in [0.1, 0.15) is 5.75 Å². The number of methoxy groups -OCH3 is 1. The Morgan fingerprint density at radius 3 is 2.76 bits per heavy atom. The van der Waals surface area contributed by atoms with Crippen LogP contribution >= 0.6 is 24.0 Å². The lowest BCUT2D eigenvalue weighted by atomic mass is 9.73. The Kier molecular flexibility index (Phi) is 7.80. The van der Waals surface area contributed by atoms with Crippen LogP contribution in [0.15, 0.2) is 18.2 Å². The second-order valence-corrected chi connectivity index (χ2v) is 7.38. The third-order valence-electron chi connectivity index (χ3n) is 5.45. The fourth-order valence-corrected chi connectivity index (χ4v) is 3.96. The molecule has 25 heavy (non-hydrogen) atoms. The van der Waals surface area contributed by atoms with Crippen molar-refractivity contribution in [1.82, 2.24) is 16.2 Å². The maximum Gasteiger partial charge on any atom is 0.122 e. The first-order valence-corrected chi connectivity index (χ1v) is 9.13. The largest absolute Gasteiger partial charge is 0.496 e. The summed E-state index contributed by atoms with van der Waals surface area (Å²) in [5, 5.41) is 4.46. The van der Waals surface area contributed by atoms with Crippen molar-refractivity contribution in [3.8, 4) is 5.75 Å². The fourth-order valence-electron chi connectivity index (χ4n) is 3.79. The van der Waals surface area contributed by atoms with E-state index < -0.39 is 0 Å². The molecule has 2 unspecified atom stereocenters. The lowest BCUT2D eigenvalue weighted by Gasteiger charge is -2.39. The highest BCUT2D eigenvalue weighted by Gasteiger charge is 2.37. The molecule has 2 atom stereocenters. The van der Waals surface area contributed by atoms with Crippen LogP contribution in [0.25, 0.3) is 0 Å². The minimum atomic E-state index is 0. The first kappa shape index (κ1) is 20.7. The number of rotatable bonds is 6. The van der Waals surface area contributed by atoms with Gasteiger partial charge in [0.05, 0.1) is 7.11 Å². The van der Waals surface area contributed by atoms with Crippen molar-refractivity contribution < 1.29 is 9.47 Å². The molecule has 0 aromatic heterocycles. The van der Waals surface area contributed by atoms with Crippen LogP contribution in [0.1, 0.15) is 25.3 Å². The van der Waals surface area contributed by atoms with Gasteiger partial charge in [-0.25, -0.2) is 0 Å². The van der Waals surface area contributed by atoms with Gasteiger partial charge in [-0.15, -0.1) is 12.4 Å². The smallest absolute Gasteiger partial charge is 0.122 e. The number of halogens is 2. The molecule has 0 spiro atoms. The van der Waals surface area contributed by atoms with E-state index in [1.807, 2.05) is 12.1 Å². The zero-order chi connectivity index (χ0) is 17.0. The first-order chi connectivity index (χ1) is 11.6. The normalized spacial score (nSPS) is 25.4. The molecule has 3 N–H and O–H groups in total. The maximum absolute atomic E-state index is 6.29. The summed E-state index contributed by atoms with van der Waals surface area (Å²) in [5.41, 5.74) is 7.72. The van der Waals surface area contributed by atoms with Gasteiger partial charge in [0.25, 0.3) is 0 Å². The number of hydrogen-bond donors (Lipinski definition) is 3. The second kappa shape index (κ2) is 9.40. The van der Waals surface area contributed by atoms with Crippen molar-refractivity contribution in [2.75, 3.05) is 40.0 Å². The molecule has 5 nitrogen and oxygen atoms in total. The molecule has 0 saturated carbocycles. The molecule has 2 aliphatic rings. The van der Waals surface area contributed by atoms with Gasteiger partial charge in [-0.2, -0.15) is 0 Å². The van der Waals surface area contributed by atoms with Gasteiger partial charge < -0.3 is 14.8 Å². The minimum Gasteiger partial charge on any atom is -0.496 e. The Bertz CT molecular complexity index is 553.